The Morgan fingerprint density at radius 1 is 1.12 bits per heavy atom. The van der Waals surface area contributed by atoms with E-state index < -0.39 is 11.7 Å². The van der Waals surface area contributed by atoms with E-state index in [4.69, 9.17) is 4.74 Å². The number of carbonyl (C=O) groups is 1. The Morgan fingerprint density at radius 3 is 2.59 bits per heavy atom. The standard InChI is InChI=1S/C23H22F3N3O2S/c24-23(25,26)18-6-4-17(5-7-18)22-28-20(15-32-22)13-21(30)27-19-3-1-2-16(12-19)14-29-8-10-31-11-9-29/h1-7,12,15H,8-11,13-14H2,(H,27,30). The van der Waals surface area contributed by atoms with Crippen LogP contribution in [0.15, 0.2) is 53.9 Å². The number of thiazole rings is 1. The smallest absolute Gasteiger partial charge is 0.379 e. The lowest BCUT2D eigenvalue weighted by Crippen LogP contribution is -2.35. The van der Waals surface area contributed by atoms with Gasteiger partial charge < -0.3 is 10.1 Å². The Balaban J connectivity index is 1.35. The molecule has 1 saturated heterocycles. The number of carbonyl (C=O) groups excluding carboxylic acids is 1. The first-order valence-electron chi connectivity index (χ1n) is 10.2. The van der Waals surface area contributed by atoms with Crippen molar-refractivity contribution in [3.63, 3.8) is 0 Å². The third-order valence-corrected chi connectivity index (χ3v) is 6.01. The molecule has 0 atom stereocenters. The van der Waals surface area contributed by atoms with Gasteiger partial charge in [0.15, 0.2) is 0 Å². The number of nitrogens with one attached hydrogen (secondary N) is 1. The van der Waals surface area contributed by atoms with Crippen LogP contribution in [0, 0.1) is 0 Å². The highest BCUT2D eigenvalue weighted by Crippen LogP contribution is 2.31. The first-order valence-corrected chi connectivity index (χ1v) is 11.1. The first kappa shape index (κ1) is 22.4. The Morgan fingerprint density at radius 2 is 1.88 bits per heavy atom. The molecular formula is C23H22F3N3O2S. The van der Waals surface area contributed by atoms with Crippen molar-refractivity contribution in [3.8, 4) is 10.6 Å². The molecule has 1 aliphatic heterocycles. The minimum absolute atomic E-state index is 0.0881. The van der Waals surface area contributed by atoms with E-state index in [2.05, 4.69) is 15.2 Å². The molecule has 168 valence electrons. The van der Waals surface area contributed by atoms with Gasteiger partial charge in [-0.1, -0.05) is 24.3 Å². The van der Waals surface area contributed by atoms with Gasteiger partial charge in [-0.05, 0) is 29.8 Å². The maximum atomic E-state index is 12.7. The number of benzene rings is 2. The van der Waals surface area contributed by atoms with Crippen molar-refractivity contribution in [1.29, 1.82) is 0 Å². The second-order valence-corrected chi connectivity index (χ2v) is 8.39. The summed E-state index contributed by atoms with van der Waals surface area (Å²) in [5.41, 5.74) is 2.30. The Labute approximate surface area is 187 Å². The molecule has 1 N–H and O–H groups in total. The summed E-state index contributed by atoms with van der Waals surface area (Å²) in [6.45, 7) is 4.05. The molecule has 4 rings (SSSR count). The Hall–Kier alpha value is -2.75. The highest BCUT2D eigenvalue weighted by atomic mass is 32.1. The molecule has 0 unspecified atom stereocenters. The number of nitrogens with zero attached hydrogens (tertiary/aromatic N) is 2. The summed E-state index contributed by atoms with van der Waals surface area (Å²) in [7, 11) is 0. The number of anilines is 1. The van der Waals surface area contributed by atoms with Gasteiger partial charge in [-0.2, -0.15) is 13.2 Å². The van der Waals surface area contributed by atoms with Crippen LogP contribution in [0.3, 0.4) is 0 Å². The predicted molar refractivity (Wildman–Crippen MR) is 117 cm³/mol. The van der Waals surface area contributed by atoms with Gasteiger partial charge in [0.2, 0.25) is 5.91 Å². The van der Waals surface area contributed by atoms with Crippen LogP contribution >= 0.6 is 11.3 Å². The molecule has 32 heavy (non-hydrogen) atoms. The van der Waals surface area contributed by atoms with Crippen molar-refractivity contribution in [2.45, 2.75) is 19.1 Å². The van der Waals surface area contributed by atoms with E-state index in [9.17, 15) is 18.0 Å². The van der Waals surface area contributed by atoms with E-state index in [-0.39, 0.29) is 12.3 Å². The fourth-order valence-corrected chi connectivity index (χ4v) is 4.28. The Kier molecular flexibility index (Phi) is 6.88. The Bertz CT molecular complexity index is 1060. The molecule has 0 radical (unpaired) electrons. The predicted octanol–water partition coefficient (Wildman–Crippen LogP) is 4.84. The maximum Gasteiger partial charge on any atom is 0.416 e. The summed E-state index contributed by atoms with van der Waals surface area (Å²) >= 11 is 1.30. The third kappa shape index (κ3) is 5.93. The highest BCUT2D eigenvalue weighted by molar-refractivity contribution is 7.13. The number of morpholine rings is 1. The van der Waals surface area contributed by atoms with Crippen molar-refractivity contribution < 1.29 is 22.7 Å². The maximum absolute atomic E-state index is 12.7. The van der Waals surface area contributed by atoms with Crippen molar-refractivity contribution in [2.24, 2.45) is 0 Å². The van der Waals surface area contributed by atoms with Crippen LogP contribution in [0.1, 0.15) is 16.8 Å². The molecule has 0 bridgehead atoms. The van der Waals surface area contributed by atoms with E-state index in [0.717, 1.165) is 56.2 Å². The van der Waals surface area contributed by atoms with E-state index in [0.29, 0.717) is 16.3 Å². The van der Waals surface area contributed by atoms with Crippen LogP contribution in [0.2, 0.25) is 0 Å². The zero-order valence-corrected chi connectivity index (χ0v) is 18.0. The number of hydrogen-bond donors (Lipinski definition) is 1. The van der Waals surface area contributed by atoms with Gasteiger partial charge >= 0.3 is 6.18 Å². The molecule has 5 nitrogen and oxygen atoms in total. The molecule has 1 aliphatic rings. The molecule has 1 aromatic heterocycles. The number of aromatic nitrogens is 1. The summed E-state index contributed by atoms with van der Waals surface area (Å²) in [5.74, 6) is -0.196. The normalized spacial score (nSPS) is 15.0. The summed E-state index contributed by atoms with van der Waals surface area (Å²) < 4.78 is 43.5. The van der Waals surface area contributed by atoms with Gasteiger partial charge in [-0.25, -0.2) is 4.98 Å². The number of hydrogen-bond acceptors (Lipinski definition) is 5. The molecule has 0 spiro atoms. The van der Waals surface area contributed by atoms with Crippen LogP contribution in [0.5, 0.6) is 0 Å². The van der Waals surface area contributed by atoms with Gasteiger partial charge in [0.1, 0.15) is 5.01 Å². The lowest BCUT2D eigenvalue weighted by atomic mass is 10.1. The second kappa shape index (κ2) is 9.81. The number of amides is 1. The number of halogens is 3. The molecule has 9 heteroatoms. The van der Waals surface area contributed by atoms with Gasteiger partial charge in [0.25, 0.3) is 0 Å². The molecule has 0 aliphatic carbocycles. The van der Waals surface area contributed by atoms with Crippen LogP contribution in [-0.2, 0) is 28.7 Å². The molecule has 1 amide bonds. The monoisotopic (exact) mass is 461 g/mol. The molecule has 0 saturated carbocycles. The molecule has 3 aromatic rings. The summed E-state index contributed by atoms with van der Waals surface area (Å²) in [6.07, 6.45) is -4.28. The fraction of sp³-hybridized carbons (Fsp3) is 0.304. The average Bonchev–Trinajstić information content (AvgIpc) is 3.22. The largest absolute Gasteiger partial charge is 0.416 e. The SMILES string of the molecule is O=C(Cc1csc(-c2ccc(C(F)(F)F)cc2)n1)Nc1cccc(CN2CCOCC2)c1. The zero-order chi connectivity index (χ0) is 22.6. The fourth-order valence-electron chi connectivity index (χ4n) is 3.46. The molecule has 2 heterocycles. The van der Waals surface area contributed by atoms with Crippen LogP contribution in [0.4, 0.5) is 18.9 Å². The van der Waals surface area contributed by atoms with Crippen molar-refractivity contribution >= 4 is 22.9 Å². The van der Waals surface area contributed by atoms with Gasteiger partial charge in [0, 0.05) is 36.3 Å². The first-order chi connectivity index (χ1) is 15.4. The second-order valence-electron chi connectivity index (χ2n) is 7.53. The number of rotatable bonds is 6. The third-order valence-electron chi connectivity index (χ3n) is 5.07. The number of ether oxygens (including phenoxy) is 1. The molecule has 2 aromatic carbocycles. The van der Waals surface area contributed by atoms with E-state index in [1.54, 1.807) is 5.38 Å². The lowest BCUT2D eigenvalue weighted by molar-refractivity contribution is -0.137. The minimum Gasteiger partial charge on any atom is -0.379 e. The van der Waals surface area contributed by atoms with E-state index in [1.165, 1.54) is 23.5 Å². The van der Waals surface area contributed by atoms with Crippen LogP contribution < -0.4 is 5.32 Å². The zero-order valence-electron chi connectivity index (χ0n) is 17.2. The van der Waals surface area contributed by atoms with E-state index >= 15 is 0 Å². The lowest BCUT2D eigenvalue weighted by Gasteiger charge is -2.26. The van der Waals surface area contributed by atoms with Crippen LogP contribution in [-0.4, -0.2) is 42.1 Å². The van der Waals surface area contributed by atoms with Crippen LogP contribution in [0.25, 0.3) is 10.6 Å². The summed E-state index contributed by atoms with van der Waals surface area (Å²) in [5, 5.41) is 5.23. The minimum atomic E-state index is -4.37. The van der Waals surface area contributed by atoms with Crippen molar-refractivity contribution in [3.05, 3.63) is 70.7 Å². The molecule has 1 fully saturated rings. The van der Waals surface area contributed by atoms with Crippen molar-refractivity contribution in [1.82, 2.24) is 9.88 Å². The van der Waals surface area contributed by atoms with Gasteiger partial charge in [-0.3, -0.25) is 9.69 Å². The summed E-state index contributed by atoms with van der Waals surface area (Å²) in [6, 6.07) is 12.6. The molecular weight excluding hydrogens is 439 g/mol. The van der Waals surface area contributed by atoms with E-state index in [1.807, 2.05) is 24.3 Å². The topological polar surface area (TPSA) is 54.5 Å². The highest BCUT2D eigenvalue weighted by Gasteiger charge is 2.30. The van der Waals surface area contributed by atoms with Gasteiger partial charge in [0.05, 0.1) is 30.9 Å². The number of alkyl halides is 3. The quantitative estimate of drug-likeness (QED) is 0.571. The van der Waals surface area contributed by atoms with Gasteiger partial charge in [-0.15, -0.1) is 11.3 Å². The average molecular weight is 462 g/mol. The van der Waals surface area contributed by atoms with Crippen molar-refractivity contribution in [2.75, 3.05) is 31.6 Å². The summed E-state index contributed by atoms with van der Waals surface area (Å²) in [4.78, 5) is 19.2.